The van der Waals surface area contributed by atoms with Crippen LogP contribution < -0.4 is 0 Å². The first-order valence-corrected chi connectivity index (χ1v) is 8.43. The van der Waals surface area contributed by atoms with E-state index in [-0.39, 0.29) is 5.91 Å². The van der Waals surface area contributed by atoms with E-state index in [9.17, 15) is 4.79 Å². The molecule has 0 saturated carbocycles. The Hall–Kier alpha value is -2.44. The number of nitrogens with zero attached hydrogens (tertiary/aromatic N) is 6. The highest BCUT2D eigenvalue weighted by Crippen LogP contribution is 2.27. The minimum absolute atomic E-state index is 0.227. The van der Waals surface area contributed by atoms with Crippen LogP contribution in [-0.2, 0) is 18.4 Å². The zero-order chi connectivity index (χ0) is 16.9. The predicted molar refractivity (Wildman–Crippen MR) is 90.3 cm³/mol. The summed E-state index contributed by atoms with van der Waals surface area (Å²) in [6.45, 7) is 5.88. The number of piperidine rings is 1. The second-order valence-electron chi connectivity index (χ2n) is 6.22. The molecule has 0 radical (unpaired) electrons. The van der Waals surface area contributed by atoms with Gasteiger partial charge in [-0.2, -0.15) is 5.10 Å². The molecule has 1 fully saturated rings. The number of allylic oxidation sites excluding steroid dienone is 1. The lowest BCUT2D eigenvalue weighted by molar-refractivity contribution is -0.132. The third-order valence-corrected chi connectivity index (χ3v) is 4.64. The van der Waals surface area contributed by atoms with Crippen LogP contribution in [0.5, 0.6) is 0 Å². The van der Waals surface area contributed by atoms with Crippen LogP contribution in [-0.4, -0.2) is 48.4 Å². The first-order chi connectivity index (χ1) is 11.7. The Kier molecular flexibility index (Phi) is 5.08. The Morgan fingerprint density at radius 3 is 2.83 bits per heavy atom. The molecule has 1 saturated heterocycles. The summed E-state index contributed by atoms with van der Waals surface area (Å²) in [5, 5.41) is 12.9. The maximum absolute atomic E-state index is 12.1. The van der Waals surface area contributed by atoms with Gasteiger partial charge < -0.3 is 9.47 Å². The molecule has 0 bridgehead atoms. The van der Waals surface area contributed by atoms with E-state index in [0.29, 0.717) is 18.9 Å². The highest BCUT2D eigenvalue weighted by molar-refractivity contribution is 5.76. The van der Waals surface area contributed by atoms with Crippen LogP contribution in [0.15, 0.2) is 31.1 Å². The van der Waals surface area contributed by atoms with Crippen molar-refractivity contribution in [1.29, 1.82) is 0 Å². The number of hydrogen-bond acceptors (Lipinski definition) is 4. The van der Waals surface area contributed by atoms with E-state index < -0.39 is 0 Å². The Balaban J connectivity index is 1.59. The summed E-state index contributed by atoms with van der Waals surface area (Å²) in [7, 11) is 2.01. The van der Waals surface area contributed by atoms with Gasteiger partial charge in [-0.05, 0) is 25.3 Å². The lowest BCUT2D eigenvalue weighted by atomic mass is 9.95. The van der Waals surface area contributed by atoms with Gasteiger partial charge in [-0.25, -0.2) is 0 Å². The van der Waals surface area contributed by atoms with Crippen molar-refractivity contribution in [2.24, 2.45) is 7.05 Å². The highest BCUT2D eigenvalue weighted by atomic mass is 16.2. The molecule has 1 aliphatic rings. The number of aromatic nitrogens is 5. The highest BCUT2D eigenvalue weighted by Gasteiger charge is 2.27. The fourth-order valence-corrected chi connectivity index (χ4v) is 3.18. The SMILES string of the molecule is C=CCCC(=O)N1CCC(c2nnc(Cn3cccn3)n2C)CC1. The molecule has 1 aliphatic heterocycles. The van der Waals surface area contributed by atoms with Gasteiger partial charge in [0, 0.05) is 44.9 Å². The van der Waals surface area contributed by atoms with E-state index in [1.807, 2.05) is 28.9 Å². The van der Waals surface area contributed by atoms with Crippen LogP contribution in [0.2, 0.25) is 0 Å². The summed E-state index contributed by atoms with van der Waals surface area (Å²) in [5.74, 6) is 2.50. The molecule has 0 unspecified atom stereocenters. The summed E-state index contributed by atoms with van der Waals surface area (Å²) < 4.78 is 3.91. The first kappa shape index (κ1) is 16.4. The van der Waals surface area contributed by atoms with E-state index in [2.05, 4.69) is 26.4 Å². The van der Waals surface area contributed by atoms with Crippen molar-refractivity contribution in [3.05, 3.63) is 42.8 Å². The Morgan fingerprint density at radius 2 is 2.17 bits per heavy atom. The fourth-order valence-electron chi connectivity index (χ4n) is 3.18. The number of rotatable bonds is 6. The standard InChI is InChI=1S/C17H24N6O/c1-3-4-6-16(24)22-11-7-14(8-12-22)17-20-19-15(21(17)2)13-23-10-5-9-18-23/h3,5,9-10,14H,1,4,6-8,11-13H2,2H3. The van der Waals surface area contributed by atoms with E-state index in [4.69, 9.17) is 0 Å². The number of amides is 1. The third-order valence-electron chi connectivity index (χ3n) is 4.64. The normalized spacial score (nSPS) is 15.6. The summed E-state index contributed by atoms with van der Waals surface area (Å²) in [6.07, 6.45) is 8.66. The Bertz CT molecular complexity index is 682. The maximum atomic E-state index is 12.1. The molecule has 7 heteroatoms. The average Bonchev–Trinajstić information content (AvgIpc) is 3.24. The predicted octanol–water partition coefficient (Wildman–Crippen LogP) is 1.73. The largest absolute Gasteiger partial charge is 0.343 e. The summed E-state index contributed by atoms with van der Waals surface area (Å²) in [5.41, 5.74) is 0. The van der Waals surface area contributed by atoms with Crippen molar-refractivity contribution in [3.63, 3.8) is 0 Å². The fraction of sp³-hybridized carbons (Fsp3) is 0.529. The van der Waals surface area contributed by atoms with Crippen LogP contribution in [0.4, 0.5) is 0 Å². The lowest BCUT2D eigenvalue weighted by Gasteiger charge is -2.31. The van der Waals surface area contributed by atoms with Gasteiger partial charge in [0.25, 0.3) is 0 Å². The number of carbonyl (C=O) groups excluding carboxylic acids is 1. The number of hydrogen-bond donors (Lipinski definition) is 0. The first-order valence-electron chi connectivity index (χ1n) is 8.43. The minimum atomic E-state index is 0.227. The summed E-state index contributed by atoms with van der Waals surface area (Å²) >= 11 is 0. The molecule has 2 aromatic rings. The van der Waals surface area contributed by atoms with Crippen molar-refractivity contribution in [3.8, 4) is 0 Å². The monoisotopic (exact) mass is 328 g/mol. The van der Waals surface area contributed by atoms with Gasteiger partial charge in [-0.3, -0.25) is 9.48 Å². The molecular weight excluding hydrogens is 304 g/mol. The van der Waals surface area contributed by atoms with Crippen molar-refractivity contribution >= 4 is 5.91 Å². The van der Waals surface area contributed by atoms with Crippen molar-refractivity contribution in [2.75, 3.05) is 13.1 Å². The molecule has 2 aromatic heterocycles. The quantitative estimate of drug-likeness (QED) is 0.757. The van der Waals surface area contributed by atoms with Gasteiger partial charge in [0.15, 0.2) is 5.82 Å². The molecule has 0 aromatic carbocycles. The number of carbonyl (C=O) groups is 1. The molecule has 0 atom stereocenters. The smallest absolute Gasteiger partial charge is 0.222 e. The van der Waals surface area contributed by atoms with Gasteiger partial charge in [0.2, 0.25) is 5.91 Å². The summed E-state index contributed by atoms with van der Waals surface area (Å²) in [4.78, 5) is 14.0. The third kappa shape index (κ3) is 3.55. The molecule has 0 spiro atoms. The second-order valence-corrected chi connectivity index (χ2v) is 6.22. The van der Waals surface area contributed by atoms with Crippen LogP contribution in [0.25, 0.3) is 0 Å². The second kappa shape index (κ2) is 7.42. The van der Waals surface area contributed by atoms with Gasteiger partial charge in [-0.15, -0.1) is 16.8 Å². The molecule has 24 heavy (non-hydrogen) atoms. The van der Waals surface area contributed by atoms with E-state index >= 15 is 0 Å². The van der Waals surface area contributed by atoms with Crippen LogP contribution >= 0.6 is 0 Å². The van der Waals surface area contributed by atoms with Crippen molar-refractivity contribution < 1.29 is 4.79 Å². The van der Waals surface area contributed by atoms with Crippen LogP contribution in [0, 0.1) is 0 Å². The zero-order valence-electron chi connectivity index (χ0n) is 14.1. The van der Waals surface area contributed by atoms with Gasteiger partial charge in [-0.1, -0.05) is 6.08 Å². The van der Waals surface area contributed by atoms with Crippen molar-refractivity contribution in [1.82, 2.24) is 29.4 Å². The maximum Gasteiger partial charge on any atom is 0.222 e. The molecule has 1 amide bonds. The molecular formula is C17H24N6O. The number of likely N-dealkylation sites (tertiary alicyclic amines) is 1. The summed E-state index contributed by atoms with van der Waals surface area (Å²) in [6, 6.07) is 1.90. The Morgan fingerprint density at radius 1 is 1.38 bits per heavy atom. The Labute approximate surface area is 142 Å². The van der Waals surface area contributed by atoms with Crippen molar-refractivity contribution in [2.45, 2.75) is 38.1 Å². The van der Waals surface area contributed by atoms with E-state index in [0.717, 1.165) is 44.0 Å². The van der Waals surface area contributed by atoms with Gasteiger partial charge in [0.05, 0.1) is 0 Å². The van der Waals surface area contributed by atoms with Crippen LogP contribution in [0.3, 0.4) is 0 Å². The molecule has 128 valence electrons. The zero-order valence-corrected chi connectivity index (χ0v) is 14.1. The molecule has 7 nitrogen and oxygen atoms in total. The van der Waals surface area contributed by atoms with E-state index in [1.165, 1.54) is 0 Å². The van der Waals surface area contributed by atoms with Crippen LogP contribution in [0.1, 0.15) is 43.3 Å². The minimum Gasteiger partial charge on any atom is -0.343 e. The average molecular weight is 328 g/mol. The molecule has 3 rings (SSSR count). The van der Waals surface area contributed by atoms with Gasteiger partial charge >= 0.3 is 0 Å². The lowest BCUT2D eigenvalue weighted by Crippen LogP contribution is -2.38. The molecule has 0 aliphatic carbocycles. The van der Waals surface area contributed by atoms with Gasteiger partial charge in [0.1, 0.15) is 12.4 Å². The van der Waals surface area contributed by atoms with E-state index in [1.54, 1.807) is 12.3 Å². The molecule has 3 heterocycles. The topological polar surface area (TPSA) is 68.8 Å². The molecule has 0 N–H and O–H groups in total.